The Morgan fingerprint density at radius 2 is 2.08 bits per heavy atom. The van der Waals surface area contributed by atoms with Gasteiger partial charge in [-0.1, -0.05) is 12.1 Å². The Morgan fingerprint density at radius 3 is 2.92 bits per heavy atom. The molecule has 0 bridgehead atoms. The van der Waals surface area contributed by atoms with Crippen LogP contribution >= 0.6 is 0 Å². The molecule has 0 saturated carbocycles. The van der Waals surface area contributed by atoms with E-state index in [9.17, 15) is 4.79 Å². The Morgan fingerprint density at radius 1 is 1.23 bits per heavy atom. The molecule has 0 spiro atoms. The van der Waals surface area contributed by atoms with Crippen LogP contribution in [-0.4, -0.2) is 51.6 Å². The number of para-hydroxylation sites is 2. The van der Waals surface area contributed by atoms with Gasteiger partial charge in [0.25, 0.3) is 0 Å². The third-order valence-corrected chi connectivity index (χ3v) is 4.88. The Bertz CT molecular complexity index is 938. The summed E-state index contributed by atoms with van der Waals surface area (Å²) in [5.41, 5.74) is 2.68. The van der Waals surface area contributed by atoms with Gasteiger partial charge in [-0.05, 0) is 25.1 Å². The number of rotatable bonds is 4. The highest BCUT2D eigenvalue weighted by Crippen LogP contribution is 2.30. The number of anilines is 1. The Hall–Kier alpha value is -2.93. The van der Waals surface area contributed by atoms with Crippen molar-refractivity contribution in [2.24, 2.45) is 0 Å². The van der Waals surface area contributed by atoms with Crippen molar-refractivity contribution >= 4 is 17.2 Å². The van der Waals surface area contributed by atoms with Gasteiger partial charge in [0.2, 0.25) is 5.91 Å². The minimum Gasteiger partial charge on any atom is -0.495 e. The predicted molar refractivity (Wildman–Crippen MR) is 98.2 cm³/mol. The number of hydrogen-bond acceptors (Lipinski definition) is 5. The van der Waals surface area contributed by atoms with Gasteiger partial charge in [0, 0.05) is 37.6 Å². The number of ether oxygens (including phenoxy) is 1. The molecule has 0 aliphatic carbocycles. The van der Waals surface area contributed by atoms with E-state index in [1.165, 1.54) is 0 Å². The topological polar surface area (TPSA) is 63.0 Å². The molecule has 0 unspecified atom stereocenters. The lowest BCUT2D eigenvalue weighted by Crippen LogP contribution is -2.55. The highest BCUT2D eigenvalue weighted by Gasteiger charge is 2.33. The summed E-state index contributed by atoms with van der Waals surface area (Å²) in [4.78, 5) is 21.4. The van der Waals surface area contributed by atoms with Crippen molar-refractivity contribution in [2.75, 3.05) is 25.1 Å². The second kappa shape index (κ2) is 6.76. The minimum absolute atomic E-state index is 0.0742. The molecule has 1 saturated heterocycles. The highest BCUT2D eigenvalue weighted by atomic mass is 16.5. The van der Waals surface area contributed by atoms with Crippen molar-refractivity contribution in [3.63, 3.8) is 0 Å². The van der Waals surface area contributed by atoms with Crippen LogP contribution in [0.3, 0.4) is 0 Å². The van der Waals surface area contributed by atoms with Crippen molar-refractivity contribution in [1.82, 2.24) is 19.5 Å². The highest BCUT2D eigenvalue weighted by molar-refractivity contribution is 5.99. The number of nitrogens with zero attached hydrogens (tertiary/aromatic N) is 5. The zero-order valence-electron chi connectivity index (χ0n) is 14.9. The SMILES string of the molecule is COc1ccccc1N1CCN(Cc2cnn3cccnc23)[C@@H](C)C1=O. The molecule has 1 amide bonds. The molecular weight excluding hydrogens is 330 g/mol. The fourth-order valence-electron chi connectivity index (χ4n) is 3.43. The summed E-state index contributed by atoms with van der Waals surface area (Å²) in [6.45, 7) is 3.99. The van der Waals surface area contributed by atoms with E-state index >= 15 is 0 Å². The van der Waals surface area contributed by atoms with Crippen molar-refractivity contribution < 1.29 is 9.53 Å². The molecule has 1 aliphatic heterocycles. The molecule has 3 heterocycles. The van der Waals surface area contributed by atoms with Crippen LogP contribution in [0.15, 0.2) is 48.9 Å². The first kappa shape index (κ1) is 16.5. The standard InChI is InChI=1S/C19H21N5O2/c1-14-19(25)23(16-6-3-4-7-17(16)26-2)11-10-22(14)13-15-12-21-24-9-5-8-20-18(15)24/h3-9,12,14H,10-11,13H2,1-2H3/t14-/m0/s1. The number of methoxy groups -OCH3 is 1. The van der Waals surface area contributed by atoms with Gasteiger partial charge in [0.15, 0.2) is 5.65 Å². The van der Waals surface area contributed by atoms with Crippen LogP contribution in [0.2, 0.25) is 0 Å². The maximum atomic E-state index is 13.0. The molecule has 26 heavy (non-hydrogen) atoms. The molecule has 0 radical (unpaired) electrons. The number of fused-ring (bicyclic) bond motifs is 1. The summed E-state index contributed by atoms with van der Waals surface area (Å²) >= 11 is 0. The Balaban J connectivity index is 1.55. The summed E-state index contributed by atoms with van der Waals surface area (Å²) < 4.78 is 7.17. The quantitative estimate of drug-likeness (QED) is 0.719. The lowest BCUT2D eigenvalue weighted by atomic mass is 10.1. The van der Waals surface area contributed by atoms with Crippen molar-refractivity contribution in [2.45, 2.75) is 19.5 Å². The van der Waals surface area contributed by atoms with E-state index in [1.54, 1.807) is 17.8 Å². The molecule has 0 N–H and O–H groups in total. The maximum Gasteiger partial charge on any atom is 0.244 e. The van der Waals surface area contributed by atoms with E-state index in [0.717, 1.165) is 23.4 Å². The summed E-state index contributed by atoms with van der Waals surface area (Å²) in [6, 6.07) is 9.25. The van der Waals surface area contributed by atoms with Gasteiger partial charge in [-0.2, -0.15) is 5.10 Å². The van der Waals surface area contributed by atoms with E-state index in [1.807, 2.05) is 54.5 Å². The van der Waals surface area contributed by atoms with Crippen molar-refractivity contribution in [3.8, 4) is 5.75 Å². The van der Waals surface area contributed by atoms with Gasteiger partial charge >= 0.3 is 0 Å². The molecule has 7 nitrogen and oxygen atoms in total. The fraction of sp³-hybridized carbons (Fsp3) is 0.316. The average molecular weight is 351 g/mol. The number of benzene rings is 1. The summed E-state index contributed by atoms with van der Waals surface area (Å²) in [5, 5.41) is 4.33. The van der Waals surface area contributed by atoms with Crippen LogP contribution in [0.4, 0.5) is 5.69 Å². The first-order valence-corrected chi connectivity index (χ1v) is 8.64. The van der Waals surface area contributed by atoms with Crippen LogP contribution in [0.1, 0.15) is 12.5 Å². The normalized spacial score (nSPS) is 18.5. The number of aromatic nitrogens is 3. The average Bonchev–Trinajstić information content (AvgIpc) is 3.09. The second-order valence-electron chi connectivity index (χ2n) is 6.37. The van der Waals surface area contributed by atoms with Crippen LogP contribution in [-0.2, 0) is 11.3 Å². The first-order chi connectivity index (χ1) is 12.7. The summed E-state index contributed by atoms with van der Waals surface area (Å²) in [6.07, 6.45) is 5.46. The van der Waals surface area contributed by atoms with E-state index < -0.39 is 0 Å². The summed E-state index contributed by atoms with van der Waals surface area (Å²) in [5.74, 6) is 0.790. The molecule has 3 aromatic rings. The van der Waals surface area contributed by atoms with Gasteiger partial charge in [-0.15, -0.1) is 0 Å². The van der Waals surface area contributed by atoms with Crippen LogP contribution in [0, 0.1) is 0 Å². The van der Waals surface area contributed by atoms with Gasteiger partial charge in [0.1, 0.15) is 5.75 Å². The molecule has 1 fully saturated rings. The predicted octanol–water partition coefficient (Wildman–Crippen LogP) is 1.98. The molecule has 7 heteroatoms. The third-order valence-electron chi connectivity index (χ3n) is 4.88. The van der Waals surface area contributed by atoms with Gasteiger partial charge < -0.3 is 9.64 Å². The van der Waals surface area contributed by atoms with Crippen LogP contribution in [0.5, 0.6) is 5.75 Å². The lowest BCUT2D eigenvalue weighted by Gasteiger charge is -2.39. The number of piperazine rings is 1. The van der Waals surface area contributed by atoms with E-state index in [0.29, 0.717) is 18.8 Å². The smallest absolute Gasteiger partial charge is 0.244 e. The van der Waals surface area contributed by atoms with E-state index in [4.69, 9.17) is 4.74 Å². The zero-order chi connectivity index (χ0) is 18.1. The number of hydrogen-bond donors (Lipinski definition) is 0. The number of amides is 1. The Labute approximate surface area is 151 Å². The van der Waals surface area contributed by atoms with Crippen molar-refractivity contribution in [3.05, 3.63) is 54.5 Å². The van der Waals surface area contributed by atoms with Gasteiger partial charge in [-0.3, -0.25) is 9.69 Å². The Kier molecular flexibility index (Phi) is 4.30. The molecule has 1 aliphatic rings. The molecular formula is C19H21N5O2. The zero-order valence-corrected chi connectivity index (χ0v) is 14.9. The van der Waals surface area contributed by atoms with Gasteiger partial charge in [-0.25, -0.2) is 9.50 Å². The molecule has 2 aromatic heterocycles. The number of carbonyl (C=O) groups is 1. The second-order valence-corrected chi connectivity index (χ2v) is 6.37. The van der Waals surface area contributed by atoms with Crippen LogP contribution < -0.4 is 9.64 Å². The monoisotopic (exact) mass is 351 g/mol. The molecule has 1 aromatic carbocycles. The summed E-state index contributed by atoms with van der Waals surface area (Å²) in [7, 11) is 1.63. The molecule has 134 valence electrons. The van der Waals surface area contributed by atoms with Crippen LogP contribution in [0.25, 0.3) is 5.65 Å². The van der Waals surface area contributed by atoms with Gasteiger partial charge in [0.05, 0.1) is 25.0 Å². The fourth-order valence-corrected chi connectivity index (χ4v) is 3.43. The largest absolute Gasteiger partial charge is 0.495 e. The number of carbonyl (C=O) groups excluding carboxylic acids is 1. The van der Waals surface area contributed by atoms with E-state index in [-0.39, 0.29) is 11.9 Å². The lowest BCUT2D eigenvalue weighted by molar-refractivity contribution is -0.125. The molecule has 4 rings (SSSR count). The minimum atomic E-state index is -0.229. The van der Waals surface area contributed by atoms with E-state index in [2.05, 4.69) is 15.0 Å². The maximum absolute atomic E-state index is 13.0. The van der Waals surface area contributed by atoms with Crippen molar-refractivity contribution in [1.29, 1.82) is 0 Å². The first-order valence-electron chi connectivity index (χ1n) is 8.64. The third kappa shape index (κ3) is 2.80. The molecule has 1 atom stereocenters.